The molecule has 0 aliphatic heterocycles. The standard InChI is InChI=1S/C18H18N6O3/c1-12-4-3-5-15(22-12)23-18-16(24(25)26)17(20-11-21-18)19-10-13-6-8-14(27-2)9-7-13/h3-9,11H,10H2,1-2H3,(H2,19,20,21,22,23). The van der Waals surface area contributed by atoms with Gasteiger partial charge in [-0.05, 0) is 36.8 Å². The van der Waals surface area contributed by atoms with Crippen LogP contribution < -0.4 is 15.4 Å². The van der Waals surface area contributed by atoms with E-state index in [1.54, 1.807) is 19.2 Å². The van der Waals surface area contributed by atoms with E-state index < -0.39 is 4.92 Å². The van der Waals surface area contributed by atoms with Crippen molar-refractivity contribution < 1.29 is 9.66 Å². The Bertz CT molecular complexity index is 946. The van der Waals surface area contributed by atoms with E-state index in [0.29, 0.717) is 12.4 Å². The third kappa shape index (κ3) is 4.46. The fourth-order valence-corrected chi connectivity index (χ4v) is 2.44. The molecule has 0 radical (unpaired) electrons. The van der Waals surface area contributed by atoms with E-state index >= 15 is 0 Å². The number of ether oxygens (including phenoxy) is 1. The van der Waals surface area contributed by atoms with Crippen molar-refractivity contribution >= 4 is 23.1 Å². The topological polar surface area (TPSA) is 115 Å². The van der Waals surface area contributed by atoms with Crippen LogP contribution in [0.25, 0.3) is 0 Å². The molecule has 0 saturated carbocycles. The third-order valence-corrected chi connectivity index (χ3v) is 3.76. The number of hydrogen-bond donors (Lipinski definition) is 2. The van der Waals surface area contributed by atoms with Crippen molar-refractivity contribution in [2.24, 2.45) is 0 Å². The van der Waals surface area contributed by atoms with Crippen LogP contribution in [0.3, 0.4) is 0 Å². The minimum absolute atomic E-state index is 0.0744. The molecule has 0 unspecified atom stereocenters. The van der Waals surface area contributed by atoms with Crippen LogP contribution in [-0.2, 0) is 6.54 Å². The molecule has 2 aromatic heterocycles. The second-order valence-corrected chi connectivity index (χ2v) is 5.67. The summed E-state index contributed by atoms with van der Waals surface area (Å²) in [4.78, 5) is 23.4. The number of nitrogens with one attached hydrogen (secondary N) is 2. The molecule has 0 amide bonds. The minimum atomic E-state index is -0.519. The summed E-state index contributed by atoms with van der Waals surface area (Å²) in [5.74, 6) is 1.41. The SMILES string of the molecule is COc1ccc(CNc2ncnc(Nc3cccc(C)n3)c2[N+](=O)[O-])cc1. The van der Waals surface area contributed by atoms with Gasteiger partial charge in [0.1, 0.15) is 17.9 Å². The Balaban J connectivity index is 1.83. The van der Waals surface area contributed by atoms with E-state index in [0.717, 1.165) is 17.0 Å². The number of aromatic nitrogens is 3. The molecule has 0 aliphatic rings. The van der Waals surface area contributed by atoms with Gasteiger partial charge in [0.15, 0.2) is 0 Å². The molecule has 9 heteroatoms. The molecule has 0 atom stereocenters. The Kier molecular flexibility index (Phi) is 5.41. The fourth-order valence-electron chi connectivity index (χ4n) is 2.44. The second-order valence-electron chi connectivity index (χ2n) is 5.67. The average molecular weight is 366 g/mol. The molecule has 2 N–H and O–H groups in total. The summed E-state index contributed by atoms with van der Waals surface area (Å²) >= 11 is 0. The normalized spacial score (nSPS) is 10.3. The highest BCUT2D eigenvalue weighted by Crippen LogP contribution is 2.31. The Hall–Kier alpha value is -3.75. The molecule has 0 bridgehead atoms. The van der Waals surface area contributed by atoms with E-state index in [1.165, 1.54) is 6.33 Å². The smallest absolute Gasteiger partial charge is 0.353 e. The molecule has 27 heavy (non-hydrogen) atoms. The van der Waals surface area contributed by atoms with Gasteiger partial charge >= 0.3 is 5.69 Å². The van der Waals surface area contributed by atoms with Crippen molar-refractivity contribution in [1.82, 2.24) is 15.0 Å². The summed E-state index contributed by atoms with van der Waals surface area (Å²) in [7, 11) is 1.59. The number of hydrogen-bond acceptors (Lipinski definition) is 8. The van der Waals surface area contributed by atoms with Crippen LogP contribution in [0.1, 0.15) is 11.3 Å². The Morgan fingerprint density at radius 1 is 1.11 bits per heavy atom. The van der Waals surface area contributed by atoms with Crippen molar-refractivity contribution in [3.63, 3.8) is 0 Å². The number of rotatable bonds is 7. The van der Waals surface area contributed by atoms with E-state index in [1.807, 2.05) is 37.3 Å². The van der Waals surface area contributed by atoms with Crippen LogP contribution in [-0.4, -0.2) is 27.0 Å². The van der Waals surface area contributed by atoms with Gasteiger partial charge in [-0.3, -0.25) is 10.1 Å². The van der Waals surface area contributed by atoms with Crippen molar-refractivity contribution in [3.8, 4) is 5.75 Å². The zero-order chi connectivity index (χ0) is 19.2. The lowest BCUT2D eigenvalue weighted by Crippen LogP contribution is -2.08. The summed E-state index contributed by atoms with van der Waals surface area (Å²) < 4.78 is 5.12. The van der Waals surface area contributed by atoms with Gasteiger partial charge in [-0.1, -0.05) is 18.2 Å². The number of anilines is 3. The molecular weight excluding hydrogens is 348 g/mol. The van der Waals surface area contributed by atoms with E-state index in [9.17, 15) is 10.1 Å². The Labute approximate surface area is 155 Å². The largest absolute Gasteiger partial charge is 0.497 e. The maximum atomic E-state index is 11.6. The maximum Gasteiger partial charge on any atom is 0.353 e. The van der Waals surface area contributed by atoms with Crippen molar-refractivity contribution in [2.45, 2.75) is 13.5 Å². The van der Waals surface area contributed by atoms with Gasteiger partial charge in [0, 0.05) is 12.2 Å². The van der Waals surface area contributed by atoms with Crippen molar-refractivity contribution in [1.29, 1.82) is 0 Å². The second kappa shape index (κ2) is 8.09. The first-order chi connectivity index (χ1) is 13.1. The number of pyridine rings is 1. The molecule has 9 nitrogen and oxygen atoms in total. The number of benzene rings is 1. The number of nitrogens with zero attached hydrogens (tertiary/aromatic N) is 4. The zero-order valence-corrected chi connectivity index (χ0v) is 14.8. The van der Waals surface area contributed by atoms with Crippen LogP contribution in [0.4, 0.5) is 23.1 Å². The van der Waals surface area contributed by atoms with Crippen LogP contribution in [0.15, 0.2) is 48.8 Å². The Morgan fingerprint density at radius 3 is 2.52 bits per heavy atom. The molecule has 0 saturated heterocycles. The predicted octanol–water partition coefficient (Wildman–Crippen LogP) is 3.45. The maximum absolute atomic E-state index is 11.6. The highest BCUT2D eigenvalue weighted by Gasteiger charge is 2.23. The van der Waals surface area contributed by atoms with E-state index in [-0.39, 0.29) is 17.3 Å². The van der Waals surface area contributed by atoms with E-state index in [2.05, 4.69) is 25.6 Å². The molecule has 1 aromatic carbocycles. The first-order valence-electron chi connectivity index (χ1n) is 8.13. The number of aryl methyl sites for hydroxylation is 1. The van der Waals surface area contributed by atoms with Gasteiger partial charge in [0.25, 0.3) is 0 Å². The van der Waals surface area contributed by atoms with Crippen LogP contribution >= 0.6 is 0 Å². The lowest BCUT2D eigenvalue weighted by molar-refractivity contribution is -0.383. The quantitative estimate of drug-likeness (QED) is 0.482. The summed E-state index contributed by atoms with van der Waals surface area (Å²) in [6.45, 7) is 2.20. The van der Waals surface area contributed by atoms with Gasteiger partial charge in [-0.15, -0.1) is 0 Å². The van der Waals surface area contributed by atoms with Gasteiger partial charge in [0.2, 0.25) is 11.6 Å². The summed E-state index contributed by atoms with van der Waals surface area (Å²) in [5, 5.41) is 17.5. The summed E-state index contributed by atoms with van der Waals surface area (Å²) in [5.41, 5.74) is 1.47. The average Bonchev–Trinajstić information content (AvgIpc) is 2.66. The first-order valence-corrected chi connectivity index (χ1v) is 8.13. The molecule has 138 valence electrons. The lowest BCUT2D eigenvalue weighted by Gasteiger charge is -2.10. The molecule has 0 spiro atoms. The highest BCUT2D eigenvalue weighted by atomic mass is 16.6. The molecular formula is C18H18N6O3. The highest BCUT2D eigenvalue weighted by molar-refractivity contribution is 5.72. The molecule has 0 fully saturated rings. The Morgan fingerprint density at radius 2 is 1.85 bits per heavy atom. The molecule has 3 rings (SSSR count). The molecule has 0 aliphatic carbocycles. The zero-order valence-electron chi connectivity index (χ0n) is 14.8. The van der Waals surface area contributed by atoms with Gasteiger partial charge < -0.3 is 15.4 Å². The fraction of sp³-hybridized carbons (Fsp3) is 0.167. The first kappa shape index (κ1) is 18.1. The molecule has 3 aromatic rings. The monoisotopic (exact) mass is 366 g/mol. The number of methoxy groups -OCH3 is 1. The number of nitro groups is 1. The molecule has 2 heterocycles. The van der Waals surface area contributed by atoms with Crippen molar-refractivity contribution in [2.75, 3.05) is 17.7 Å². The van der Waals surface area contributed by atoms with E-state index in [4.69, 9.17) is 4.74 Å². The third-order valence-electron chi connectivity index (χ3n) is 3.76. The van der Waals surface area contributed by atoms with Crippen LogP contribution in [0.5, 0.6) is 5.75 Å². The minimum Gasteiger partial charge on any atom is -0.497 e. The van der Waals surface area contributed by atoms with Gasteiger partial charge in [-0.25, -0.2) is 15.0 Å². The predicted molar refractivity (Wildman–Crippen MR) is 101 cm³/mol. The van der Waals surface area contributed by atoms with Crippen LogP contribution in [0.2, 0.25) is 0 Å². The summed E-state index contributed by atoms with van der Waals surface area (Å²) in [6.07, 6.45) is 1.27. The van der Waals surface area contributed by atoms with Crippen molar-refractivity contribution in [3.05, 3.63) is 70.2 Å². The van der Waals surface area contributed by atoms with Gasteiger partial charge in [0.05, 0.1) is 12.0 Å². The summed E-state index contributed by atoms with van der Waals surface area (Å²) in [6, 6.07) is 12.7. The van der Waals surface area contributed by atoms with Crippen LogP contribution in [0, 0.1) is 17.0 Å². The lowest BCUT2D eigenvalue weighted by atomic mass is 10.2. The van der Waals surface area contributed by atoms with Gasteiger partial charge in [-0.2, -0.15) is 0 Å².